The first-order valence-electron chi connectivity index (χ1n) is 49.9. The smallest absolute Gasteiger partial charge is 0.260 e. The lowest BCUT2D eigenvalue weighted by atomic mass is 9.94. The molecule has 37 heteroatoms. The zero-order valence-electron chi connectivity index (χ0n) is 81.3. The van der Waals surface area contributed by atoms with E-state index in [1.807, 2.05) is 122 Å². The molecule has 144 heavy (non-hydrogen) atoms. The van der Waals surface area contributed by atoms with Crippen LogP contribution in [0.3, 0.4) is 0 Å². The number of aromatic nitrogens is 10. The van der Waals surface area contributed by atoms with Crippen molar-refractivity contribution in [2.75, 3.05) is 151 Å². The quantitative estimate of drug-likeness (QED) is 0.0225. The number of pyridine rings is 5. The first kappa shape index (κ1) is 101. The van der Waals surface area contributed by atoms with E-state index in [9.17, 15) is 44.4 Å². The number of carbonyl (C=O) groups is 5. The van der Waals surface area contributed by atoms with Crippen LogP contribution in [0.25, 0.3) is 27.6 Å². The van der Waals surface area contributed by atoms with Crippen molar-refractivity contribution >= 4 is 125 Å². The second kappa shape index (κ2) is 49.5. The number of nitrogens with one attached hydrogen (secondary N) is 1. The molecule has 0 aromatic carbocycles. The molecule has 0 atom stereocenters. The molecule has 5 N–H and O–H groups in total. The number of hydrogen-bond acceptors (Lipinski definition) is 31. The molecule has 6 saturated heterocycles. The molecule has 0 spiro atoms. The Morgan fingerprint density at radius 1 is 0.375 bits per heavy atom. The van der Waals surface area contributed by atoms with Crippen LogP contribution in [-0.4, -0.2) is 301 Å². The highest BCUT2D eigenvalue weighted by molar-refractivity contribution is 6.52. The van der Waals surface area contributed by atoms with E-state index in [4.69, 9.17) is 45.0 Å². The summed E-state index contributed by atoms with van der Waals surface area (Å²) in [6.45, 7) is 22.7. The Balaban J connectivity index is 0.000000124. The summed E-state index contributed by atoms with van der Waals surface area (Å²) < 4.78 is 44.3. The second-order valence-corrected chi connectivity index (χ2v) is 36.8. The van der Waals surface area contributed by atoms with Crippen LogP contribution in [0.2, 0.25) is 0 Å². The lowest BCUT2D eigenvalue weighted by molar-refractivity contribution is -0.112. The van der Waals surface area contributed by atoms with Gasteiger partial charge in [-0.05, 0) is 271 Å². The van der Waals surface area contributed by atoms with Gasteiger partial charge in [0.05, 0.1) is 44.0 Å². The Bertz CT molecular complexity index is 6860. The number of carbonyl (C=O) groups excluding carboxylic acids is 5. The van der Waals surface area contributed by atoms with Crippen LogP contribution in [0.5, 0.6) is 29.4 Å². The average molecular weight is 1980 g/mol. The zero-order chi connectivity index (χ0) is 99.6. The molecule has 16 heterocycles. The van der Waals surface area contributed by atoms with Crippen molar-refractivity contribution in [3.63, 3.8) is 0 Å². The molecule has 0 bridgehead atoms. The number of morpholine rings is 1. The summed E-state index contributed by atoms with van der Waals surface area (Å²) >= 11 is 5.95. The molecule has 10 aromatic rings. The van der Waals surface area contributed by atoms with Crippen molar-refractivity contribution in [3.05, 3.63) is 239 Å². The number of aliphatic imine (C=N–C) groups is 5. The van der Waals surface area contributed by atoms with E-state index >= 15 is 0 Å². The van der Waals surface area contributed by atoms with Crippen molar-refractivity contribution < 1.29 is 72.8 Å². The molecule has 0 amide bonds. The number of aliphatic hydroxyl groups is 4. The van der Waals surface area contributed by atoms with Crippen molar-refractivity contribution in [3.8, 4) is 29.4 Å². The van der Waals surface area contributed by atoms with Gasteiger partial charge in [-0.1, -0.05) is 74.0 Å². The minimum absolute atomic E-state index is 0.00948. The summed E-state index contributed by atoms with van der Waals surface area (Å²) in [4.78, 5) is 95.3. The summed E-state index contributed by atoms with van der Waals surface area (Å²) in [7, 11) is 0. The van der Waals surface area contributed by atoms with E-state index < -0.39 is 5.78 Å². The van der Waals surface area contributed by atoms with Gasteiger partial charge in [-0.2, -0.15) is 0 Å². The Morgan fingerprint density at radius 3 is 1.11 bits per heavy atom. The number of ether oxygens (including phenoxy) is 6. The van der Waals surface area contributed by atoms with Gasteiger partial charge < -0.3 is 54.2 Å². The number of allylic oxidation sites excluding steroid dienone is 15. The number of likely N-dealkylation sites (tertiary alicyclic amines) is 5. The van der Waals surface area contributed by atoms with Gasteiger partial charge in [0.15, 0.2) is 45.8 Å². The lowest BCUT2D eigenvalue weighted by Crippen LogP contribution is -2.33. The number of aliphatic hydroxyl groups excluding tert-OH is 4. The minimum Gasteiger partial charge on any atom is -0.506 e. The highest BCUT2D eigenvalue weighted by Crippen LogP contribution is 2.40. The summed E-state index contributed by atoms with van der Waals surface area (Å²) in [5.74, 6) is 1.20. The molecule has 752 valence electrons. The maximum Gasteiger partial charge on any atom is 0.260 e. The molecule has 0 unspecified atom stereocenters. The molecule has 11 aliphatic rings. The molecular weight excluding hydrogens is 1850 g/mol. The highest BCUT2D eigenvalue weighted by Gasteiger charge is 2.30. The summed E-state index contributed by atoms with van der Waals surface area (Å²) in [5.41, 5.74) is 11.0. The van der Waals surface area contributed by atoms with Crippen molar-refractivity contribution in [2.45, 2.75) is 123 Å². The van der Waals surface area contributed by atoms with Crippen molar-refractivity contribution in [1.29, 1.82) is 0 Å². The monoisotopic (exact) mass is 1980 g/mol. The van der Waals surface area contributed by atoms with Gasteiger partial charge in [-0.15, -0.1) is 25.5 Å². The second-order valence-electron chi connectivity index (χ2n) is 36.4. The van der Waals surface area contributed by atoms with E-state index in [0.29, 0.717) is 151 Å². The van der Waals surface area contributed by atoms with Crippen molar-refractivity contribution in [2.24, 2.45) is 25.0 Å². The van der Waals surface area contributed by atoms with E-state index in [2.05, 4.69) is 75.3 Å². The number of piperidine rings is 5. The summed E-state index contributed by atoms with van der Waals surface area (Å²) in [6, 6.07) is 28.5. The van der Waals surface area contributed by atoms with Crippen LogP contribution in [0, 0.1) is 0 Å². The Hall–Kier alpha value is -14.4. The number of nitrogens with zero attached hydrogens (tertiary/aromatic N) is 20. The zero-order valence-corrected chi connectivity index (χ0v) is 82.0. The summed E-state index contributed by atoms with van der Waals surface area (Å²) in [5, 5.41) is 65.0. The average Bonchev–Trinajstić information content (AvgIpc) is 1.46. The van der Waals surface area contributed by atoms with Crippen LogP contribution in [0.1, 0.15) is 123 Å². The molecule has 10 aromatic heterocycles. The SMILES string of the molecule is CC1=C(O)C(=Nc2c(OCCN3CCCCC3)nn3ccccc23)C=CC1=O.CC1=CC(=Nc2c(OCCN3CCCCC3)nn3ccccc23)C(CCCO)=CC1=O.O=C1C=C(O)C(Cl)=CC1=Nc1c(OCCN2CCCCC2)nn2ccccc12.O=C1C=C2NCCOC2=CC1=Nc1c(OCCN2CCCCC2)nn2ccccc12.O=C1C=CC(=Nc2c(OCCN3CCCCC3)nn3ccccc23)C(O)=C1. The van der Waals surface area contributed by atoms with Gasteiger partial charge >= 0.3 is 0 Å². The number of ketones is 5. The third-order valence-electron chi connectivity index (χ3n) is 26.1. The van der Waals surface area contributed by atoms with E-state index in [0.717, 1.165) is 149 Å². The highest BCUT2D eigenvalue weighted by atomic mass is 35.5. The fourth-order valence-corrected chi connectivity index (χ4v) is 18.4. The number of fused-ring (bicyclic) bond motifs is 6. The van der Waals surface area contributed by atoms with Crippen LogP contribution >= 0.6 is 11.6 Å². The third-order valence-corrected chi connectivity index (χ3v) is 26.4. The van der Waals surface area contributed by atoms with E-state index in [1.54, 1.807) is 54.8 Å². The number of halogens is 1. The standard InChI is InChI=1S/C24H30N4O3.C22H25N5O3.C21H24N4O3.C20H21ClN4O3.C20H22N4O3/c1-18-16-20(19(8-7-14-29)17-22(18)30)25-23-21-9-3-6-12-28(21)26-24(23)31-15-13-27-10-4-2-5-11-27;28-19-14-17-20(29-12-7-23-17)15-16(19)24-21-18-6-2-5-10-27(18)25-22(21)30-13-11-26-8-3-1-4-9-26;1-15-18(26)9-8-16(20(15)27)22-19-17-7-3-6-12-25(17)23-21(19)28-14-13-24-10-4-2-5-11-24;21-14-12-15(18(27)13-17(14)26)22-19-16-6-2-5-9-25(16)23-20(19)28-11-10-24-7-3-1-4-8-24;25-15-7-8-16(18(26)14-15)21-19-17-6-2-5-11-24(17)22-20(19)27-13-12-23-9-3-1-4-10-23/h3,6,9,12,16-17,29H,2,4-5,7-8,10-11,13-15H2,1H3;2,5-6,10,14-15,23H,1,3-4,7-9,11-13H2;3,6-9,12,27H,2,4-5,10-11,13-14H2,1H3;2,5-6,9,12-13,26H,1,3-4,7-8,10-11H2;2,5-8,11,14,26H,1,3-4,9-10,12-13H2. The molecule has 6 aliphatic heterocycles. The number of hydrogen-bond donors (Lipinski definition) is 5. The Morgan fingerprint density at radius 2 is 0.729 bits per heavy atom. The normalized spacial score (nSPS) is 19.8. The van der Waals surface area contributed by atoms with Crippen molar-refractivity contribution in [1.82, 2.24) is 77.9 Å². The molecule has 5 aliphatic carbocycles. The Labute approximate surface area is 838 Å². The molecule has 0 saturated carbocycles. The van der Waals surface area contributed by atoms with Crippen LogP contribution in [0.15, 0.2) is 264 Å². The molecule has 21 rings (SSSR count). The topological polar surface area (TPSA) is 398 Å². The maximum atomic E-state index is 12.6. The van der Waals surface area contributed by atoms with Gasteiger partial charge in [-0.25, -0.2) is 47.5 Å². The summed E-state index contributed by atoms with van der Waals surface area (Å²) in [6.07, 6.45) is 45.3. The van der Waals surface area contributed by atoms with E-state index in [1.165, 1.54) is 133 Å². The van der Waals surface area contributed by atoms with Gasteiger partial charge in [0, 0.05) is 107 Å². The fourth-order valence-electron chi connectivity index (χ4n) is 18.2. The fraction of sp³-hybridized carbons (Fsp3) is 0.393. The van der Waals surface area contributed by atoms with Gasteiger partial charge in [0.2, 0.25) is 11.6 Å². The molecule has 36 nitrogen and oxygen atoms in total. The van der Waals surface area contributed by atoms with Gasteiger partial charge in [0.1, 0.15) is 85.5 Å². The predicted octanol–water partition coefficient (Wildman–Crippen LogP) is 15.3. The number of rotatable bonds is 28. The van der Waals surface area contributed by atoms with Crippen LogP contribution in [-0.2, 0) is 28.7 Å². The predicted molar refractivity (Wildman–Crippen MR) is 553 cm³/mol. The van der Waals surface area contributed by atoms with Crippen LogP contribution in [0.4, 0.5) is 28.4 Å². The molecule has 6 fully saturated rings. The van der Waals surface area contributed by atoms with Crippen LogP contribution < -0.4 is 29.0 Å². The maximum absolute atomic E-state index is 12.6. The van der Waals surface area contributed by atoms with E-state index in [-0.39, 0.29) is 63.3 Å². The Kier molecular flexibility index (Phi) is 34.8. The third kappa shape index (κ3) is 26.2. The molecule has 0 radical (unpaired) electrons. The largest absolute Gasteiger partial charge is 0.506 e. The van der Waals surface area contributed by atoms with Gasteiger partial charge in [-0.3, -0.25) is 48.5 Å². The molecular formula is C107H122ClN21O15. The minimum atomic E-state index is -0.420. The lowest BCUT2D eigenvalue weighted by Gasteiger charge is -2.25. The van der Waals surface area contributed by atoms with Gasteiger partial charge in [0.25, 0.3) is 29.4 Å². The first-order chi connectivity index (χ1) is 70.4. The first-order valence-corrected chi connectivity index (χ1v) is 50.3.